The normalized spacial score (nSPS) is 10.1. The molecule has 2 N–H and O–H groups in total. The van der Waals surface area contributed by atoms with Crippen LogP contribution in [0.3, 0.4) is 0 Å². The molecule has 0 radical (unpaired) electrons. The van der Waals surface area contributed by atoms with Gasteiger partial charge in [-0.25, -0.2) is 9.78 Å². The maximum Gasteiger partial charge on any atom is 0.354 e. The molecule has 0 fully saturated rings. The van der Waals surface area contributed by atoms with Crippen molar-refractivity contribution in [1.29, 1.82) is 0 Å². The molecule has 0 unspecified atom stereocenters. The Morgan fingerprint density at radius 1 is 1.25 bits per heavy atom. The summed E-state index contributed by atoms with van der Waals surface area (Å²) in [5.74, 6) is -1.44. The van der Waals surface area contributed by atoms with Crippen LogP contribution in [0.25, 0.3) is 0 Å². The van der Waals surface area contributed by atoms with Crippen LogP contribution in [-0.2, 0) is 0 Å². The highest BCUT2D eigenvalue weighted by atomic mass is 35.5. The number of hydrogen-bond donors (Lipinski definition) is 2. The predicted molar refractivity (Wildman–Crippen MR) is 75.3 cm³/mol. The second kappa shape index (κ2) is 5.71. The Hall–Kier alpha value is -2.40. The average Bonchev–Trinajstić information content (AvgIpc) is 2.42. The molecule has 5 nitrogen and oxygen atoms in total. The molecule has 0 bridgehead atoms. The van der Waals surface area contributed by atoms with Crippen molar-refractivity contribution in [2.75, 3.05) is 5.32 Å². The SMILES string of the molecule is Cc1ccc(Cl)cc1C(=O)Nc1ccc(C(=O)O)nc1. The van der Waals surface area contributed by atoms with Gasteiger partial charge in [0.2, 0.25) is 0 Å². The van der Waals surface area contributed by atoms with Crippen LogP contribution < -0.4 is 5.32 Å². The monoisotopic (exact) mass is 290 g/mol. The van der Waals surface area contributed by atoms with Crippen molar-refractivity contribution in [1.82, 2.24) is 4.98 Å². The van der Waals surface area contributed by atoms with Gasteiger partial charge < -0.3 is 10.4 Å². The third kappa shape index (κ3) is 3.13. The number of hydrogen-bond acceptors (Lipinski definition) is 3. The number of carboxylic acid groups (broad SMARTS) is 1. The second-order valence-electron chi connectivity index (χ2n) is 4.15. The minimum absolute atomic E-state index is 0.0815. The molecule has 2 aromatic rings. The molecule has 6 heteroatoms. The number of aryl methyl sites for hydroxylation is 1. The van der Waals surface area contributed by atoms with Crippen LogP contribution in [-0.4, -0.2) is 22.0 Å². The molecule has 0 spiro atoms. The predicted octanol–water partition coefficient (Wildman–Crippen LogP) is 2.99. The number of amides is 1. The fourth-order valence-corrected chi connectivity index (χ4v) is 1.80. The van der Waals surface area contributed by atoms with Crippen molar-refractivity contribution in [2.24, 2.45) is 0 Å². The van der Waals surface area contributed by atoms with Gasteiger partial charge in [0.15, 0.2) is 0 Å². The van der Waals surface area contributed by atoms with Gasteiger partial charge >= 0.3 is 5.97 Å². The Balaban J connectivity index is 2.19. The lowest BCUT2D eigenvalue weighted by Crippen LogP contribution is -2.14. The van der Waals surface area contributed by atoms with Gasteiger partial charge in [-0.05, 0) is 36.8 Å². The Kier molecular flexibility index (Phi) is 4.00. The van der Waals surface area contributed by atoms with Gasteiger partial charge in [0.05, 0.1) is 11.9 Å². The average molecular weight is 291 g/mol. The number of nitrogens with one attached hydrogen (secondary N) is 1. The quantitative estimate of drug-likeness (QED) is 0.911. The van der Waals surface area contributed by atoms with Gasteiger partial charge in [0.1, 0.15) is 5.69 Å². The lowest BCUT2D eigenvalue weighted by Gasteiger charge is -2.08. The standard InChI is InChI=1S/C14H11ClN2O3/c1-8-2-3-9(15)6-11(8)13(18)17-10-4-5-12(14(19)20)16-7-10/h2-7H,1H3,(H,17,18)(H,19,20). The molecule has 0 saturated heterocycles. The minimum atomic E-state index is -1.12. The van der Waals surface area contributed by atoms with Crippen LogP contribution in [0, 0.1) is 6.92 Å². The Labute approximate surface area is 120 Å². The van der Waals surface area contributed by atoms with Gasteiger partial charge in [-0.3, -0.25) is 4.79 Å². The molecule has 1 heterocycles. The van der Waals surface area contributed by atoms with Crippen molar-refractivity contribution in [3.05, 3.63) is 58.4 Å². The van der Waals surface area contributed by atoms with Crippen LogP contribution >= 0.6 is 11.6 Å². The van der Waals surface area contributed by atoms with Crippen LogP contribution in [0.4, 0.5) is 5.69 Å². The lowest BCUT2D eigenvalue weighted by molar-refractivity contribution is 0.0690. The van der Waals surface area contributed by atoms with Crippen molar-refractivity contribution in [2.45, 2.75) is 6.92 Å². The summed E-state index contributed by atoms with van der Waals surface area (Å²) in [5, 5.41) is 11.8. The zero-order valence-electron chi connectivity index (χ0n) is 10.6. The molecule has 1 aromatic heterocycles. The number of carboxylic acids is 1. The van der Waals surface area contributed by atoms with Crippen molar-refractivity contribution < 1.29 is 14.7 Å². The largest absolute Gasteiger partial charge is 0.477 e. The number of benzene rings is 1. The smallest absolute Gasteiger partial charge is 0.354 e. The van der Waals surface area contributed by atoms with E-state index < -0.39 is 5.97 Å². The van der Waals surface area contributed by atoms with E-state index in [4.69, 9.17) is 16.7 Å². The van der Waals surface area contributed by atoms with Crippen LogP contribution in [0.5, 0.6) is 0 Å². The molecule has 102 valence electrons. The van der Waals surface area contributed by atoms with Crippen molar-refractivity contribution in [3.63, 3.8) is 0 Å². The van der Waals surface area contributed by atoms with Gasteiger partial charge in [0.25, 0.3) is 5.91 Å². The molecule has 2 rings (SSSR count). The molecule has 0 saturated carbocycles. The van der Waals surface area contributed by atoms with Gasteiger partial charge in [-0.2, -0.15) is 0 Å². The zero-order valence-corrected chi connectivity index (χ0v) is 11.3. The van der Waals surface area contributed by atoms with E-state index in [0.717, 1.165) is 5.56 Å². The molecule has 1 aromatic carbocycles. The van der Waals surface area contributed by atoms with E-state index in [9.17, 15) is 9.59 Å². The number of aromatic carboxylic acids is 1. The van der Waals surface area contributed by atoms with E-state index in [1.807, 2.05) is 0 Å². The number of anilines is 1. The van der Waals surface area contributed by atoms with E-state index >= 15 is 0 Å². The molecular weight excluding hydrogens is 280 g/mol. The third-order valence-corrected chi connectivity index (χ3v) is 2.92. The van der Waals surface area contributed by atoms with E-state index in [1.165, 1.54) is 18.3 Å². The first kappa shape index (κ1) is 14.0. The highest BCUT2D eigenvalue weighted by Gasteiger charge is 2.11. The highest BCUT2D eigenvalue weighted by Crippen LogP contribution is 2.17. The van der Waals surface area contributed by atoms with Crippen LogP contribution in [0.2, 0.25) is 5.02 Å². The van der Waals surface area contributed by atoms with E-state index in [-0.39, 0.29) is 11.6 Å². The Bertz CT molecular complexity index is 669. The number of rotatable bonds is 3. The molecule has 0 aliphatic carbocycles. The second-order valence-corrected chi connectivity index (χ2v) is 4.59. The number of halogens is 1. The van der Waals surface area contributed by atoms with Crippen LogP contribution in [0.1, 0.15) is 26.4 Å². The Morgan fingerprint density at radius 3 is 2.60 bits per heavy atom. The molecule has 0 aliphatic heterocycles. The van der Waals surface area contributed by atoms with Gasteiger partial charge in [-0.1, -0.05) is 17.7 Å². The summed E-state index contributed by atoms with van der Waals surface area (Å²) in [6.07, 6.45) is 1.29. The summed E-state index contributed by atoms with van der Waals surface area (Å²) in [6.45, 7) is 1.80. The van der Waals surface area contributed by atoms with Gasteiger partial charge in [-0.15, -0.1) is 0 Å². The van der Waals surface area contributed by atoms with Crippen molar-refractivity contribution in [3.8, 4) is 0 Å². The summed E-state index contributed by atoms with van der Waals surface area (Å²) in [5.41, 5.74) is 1.59. The molecule has 1 amide bonds. The lowest BCUT2D eigenvalue weighted by atomic mass is 10.1. The molecular formula is C14H11ClN2O3. The zero-order chi connectivity index (χ0) is 14.7. The molecule has 20 heavy (non-hydrogen) atoms. The topological polar surface area (TPSA) is 79.3 Å². The first-order valence-electron chi connectivity index (χ1n) is 5.74. The summed E-state index contributed by atoms with van der Waals surface area (Å²) >= 11 is 5.86. The number of pyridine rings is 1. The van der Waals surface area contributed by atoms with E-state index in [1.54, 1.807) is 25.1 Å². The summed E-state index contributed by atoms with van der Waals surface area (Å²) < 4.78 is 0. The highest BCUT2D eigenvalue weighted by molar-refractivity contribution is 6.31. The minimum Gasteiger partial charge on any atom is -0.477 e. The third-order valence-electron chi connectivity index (χ3n) is 2.68. The van der Waals surface area contributed by atoms with Crippen molar-refractivity contribution >= 4 is 29.2 Å². The van der Waals surface area contributed by atoms with Gasteiger partial charge in [0, 0.05) is 10.6 Å². The summed E-state index contributed by atoms with van der Waals surface area (Å²) in [4.78, 5) is 26.5. The Morgan fingerprint density at radius 2 is 2.00 bits per heavy atom. The number of aromatic nitrogens is 1. The van der Waals surface area contributed by atoms with E-state index in [2.05, 4.69) is 10.3 Å². The maximum atomic E-state index is 12.1. The summed E-state index contributed by atoms with van der Waals surface area (Å²) in [7, 11) is 0. The summed E-state index contributed by atoms with van der Waals surface area (Å²) in [6, 6.07) is 7.84. The number of carbonyl (C=O) groups excluding carboxylic acids is 1. The number of nitrogens with zero attached hydrogens (tertiary/aromatic N) is 1. The molecule has 0 atom stereocenters. The van der Waals surface area contributed by atoms with E-state index in [0.29, 0.717) is 16.3 Å². The first-order valence-corrected chi connectivity index (χ1v) is 6.12. The fraction of sp³-hybridized carbons (Fsp3) is 0.0714. The first-order chi connectivity index (χ1) is 9.47. The number of carbonyl (C=O) groups is 2. The molecule has 0 aliphatic rings. The maximum absolute atomic E-state index is 12.1. The van der Waals surface area contributed by atoms with Crippen LogP contribution in [0.15, 0.2) is 36.5 Å². The fourth-order valence-electron chi connectivity index (χ4n) is 1.63.